The van der Waals surface area contributed by atoms with Crippen LogP contribution in [0.4, 0.5) is 0 Å². The second kappa shape index (κ2) is 14.5. The molecule has 0 aromatic heterocycles. The van der Waals surface area contributed by atoms with Crippen LogP contribution in [-0.4, -0.2) is 61.2 Å². The SMILES string of the molecule is CCOc1ccccc1CN(CCc1ccc2c(c1)OCO2)Cc1ccc(OC)cc1OC.O=C(O)C(=O)O. The van der Waals surface area contributed by atoms with Gasteiger partial charge in [0.2, 0.25) is 6.79 Å². The van der Waals surface area contributed by atoms with Crippen molar-refractivity contribution < 1.29 is 43.5 Å². The molecule has 0 bridgehead atoms. The first kappa shape index (κ1) is 29.1. The Morgan fingerprint density at radius 2 is 1.54 bits per heavy atom. The van der Waals surface area contributed by atoms with Gasteiger partial charge in [-0.3, -0.25) is 4.90 Å². The van der Waals surface area contributed by atoms with Gasteiger partial charge in [0.05, 0.1) is 20.8 Å². The summed E-state index contributed by atoms with van der Waals surface area (Å²) in [7, 11) is 3.36. The second-order valence-corrected chi connectivity index (χ2v) is 8.48. The van der Waals surface area contributed by atoms with E-state index in [0.29, 0.717) is 6.61 Å². The lowest BCUT2D eigenvalue weighted by molar-refractivity contribution is -0.159. The molecule has 0 spiro atoms. The zero-order chi connectivity index (χ0) is 28.2. The van der Waals surface area contributed by atoms with Crippen LogP contribution in [0.2, 0.25) is 0 Å². The first-order valence-electron chi connectivity index (χ1n) is 12.3. The Balaban J connectivity index is 0.000000631. The molecule has 1 aliphatic rings. The standard InChI is InChI=1S/C27H31NO5.C2H2O4/c1-4-31-24-8-6-5-7-21(24)17-28(18-22-10-11-23(29-2)16-26(22)30-3)14-13-20-9-12-25-27(15-20)33-19-32-25;3-1(4)2(5)6/h5-12,15-16H,4,13-14,17-19H2,1-3H3;(H,3,4)(H,5,6). The normalized spacial score (nSPS) is 11.4. The molecule has 208 valence electrons. The van der Waals surface area contributed by atoms with Crippen molar-refractivity contribution in [3.05, 3.63) is 77.4 Å². The molecular weight excluding hydrogens is 506 g/mol. The molecular formula is C29H33NO9. The maximum Gasteiger partial charge on any atom is 0.414 e. The Morgan fingerprint density at radius 1 is 0.846 bits per heavy atom. The van der Waals surface area contributed by atoms with Gasteiger partial charge < -0.3 is 33.9 Å². The maximum atomic E-state index is 9.10. The highest BCUT2D eigenvalue weighted by atomic mass is 16.7. The number of fused-ring (bicyclic) bond motifs is 1. The van der Waals surface area contributed by atoms with Crippen LogP contribution < -0.4 is 23.7 Å². The number of aliphatic carboxylic acids is 2. The molecule has 0 saturated heterocycles. The third-order valence-electron chi connectivity index (χ3n) is 5.89. The fourth-order valence-electron chi connectivity index (χ4n) is 3.99. The molecule has 0 fully saturated rings. The summed E-state index contributed by atoms with van der Waals surface area (Å²) >= 11 is 0. The molecule has 3 aromatic rings. The van der Waals surface area contributed by atoms with Crippen molar-refractivity contribution in [2.45, 2.75) is 26.4 Å². The summed E-state index contributed by atoms with van der Waals surface area (Å²) < 4.78 is 27.9. The molecule has 0 amide bonds. The van der Waals surface area contributed by atoms with E-state index in [1.54, 1.807) is 14.2 Å². The number of ether oxygens (including phenoxy) is 5. The minimum Gasteiger partial charge on any atom is -0.497 e. The Kier molecular flexibility index (Phi) is 10.8. The Labute approximate surface area is 227 Å². The predicted molar refractivity (Wildman–Crippen MR) is 143 cm³/mol. The van der Waals surface area contributed by atoms with Crippen molar-refractivity contribution in [3.63, 3.8) is 0 Å². The van der Waals surface area contributed by atoms with Crippen molar-refractivity contribution in [2.75, 3.05) is 34.2 Å². The van der Waals surface area contributed by atoms with Crippen molar-refractivity contribution in [1.82, 2.24) is 4.90 Å². The van der Waals surface area contributed by atoms with Gasteiger partial charge >= 0.3 is 11.9 Å². The van der Waals surface area contributed by atoms with E-state index in [4.69, 9.17) is 43.5 Å². The van der Waals surface area contributed by atoms with E-state index < -0.39 is 11.9 Å². The predicted octanol–water partition coefficient (Wildman–Crippen LogP) is 4.23. The molecule has 10 heteroatoms. The molecule has 0 saturated carbocycles. The van der Waals surface area contributed by atoms with E-state index in [9.17, 15) is 0 Å². The van der Waals surface area contributed by atoms with Gasteiger partial charge in [0, 0.05) is 36.8 Å². The highest BCUT2D eigenvalue weighted by molar-refractivity contribution is 6.27. The van der Waals surface area contributed by atoms with Crippen molar-refractivity contribution in [3.8, 4) is 28.7 Å². The van der Waals surface area contributed by atoms with Gasteiger partial charge in [-0.1, -0.05) is 30.3 Å². The molecule has 1 aliphatic heterocycles. The average Bonchev–Trinajstić information content (AvgIpc) is 3.41. The van der Waals surface area contributed by atoms with Crippen LogP contribution in [-0.2, 0) is 29.1 Å². The highest BCUT2D eigenvalue weighted by Crippen LogP contribution is 2.33. The van der Waals surface area contributed by atoms with Crippen LogP contribution in [0.25, 0.3) is 0 Å². The Bertz CT molecular complexity index is 1250. The zero-order valence-electron chi connectivity index (χ0n) is 22.2. The molecule has 4 rings (SSSR count). The summed E-state index contributed by atoms with van der Waals surface area (Å²) in [6.45, 7) is 5.29. The first-order valence-corrected chi connectivity index (χ1v) is 12.3. The fourth-order valence-corrected chi connectivity index (χ4v) is 3.99. The van der Waals surface area contributed by atoms with Gasteiger partial charge in [-0.05, 0) is 43.2 Å². The van der Waals surface area contributed by atoms with Crippen molar-refractivity contribution >= 4 is 11.9 Å². The topological polar surface area (TPSA) is 124 Å². The van der Waals surface area contributed by atoms with Crippen molar-refractivity contribution in [2.24, 2.45) is 0 Å². The molecule has 2 N–H and O–H groups in total. The third-order valence-corrected chi connectivity index (χ3v) is 5.89. The molecule has 0 atom stereocenters. The van der Waals surface area contributed by atoms with Gasteiger partial charge in [0.15, 0.2) is 11.5 Å². The number of nitrogens with zero attached hydrogens (tertiary/aromatic N) is 1. The van der Waals surface area contributed by atoms with E-state index >= 15 is 0 Å². The minimum absolute atomic E-state index is 0.288. The number of carbonyl (C=O) groups is 2. The number of para-hydroxylation sites is 1. The quantitative estimate of drug-likeness (QED) is 0.342. The maximum absolute atomic E-state index is 9.10. The van der Waals surface area contributed by atoms with Gasteiger partial charge in [-0.15, -0.1) is 0 Å². The third kappa shape index (κ3) is 8.54. The van der Waals surface area contributed by atoms with E-state index in [1.807, 2.05) is 37.3 Å². The van der Waals surface area contributed by atoms with Crippen LogP contribution in [0.15, 0.2) is 60.7 Å². The van der Waals surface area contributed by atoms with E-state index in [-0.39, 0.29) is 6.79 Å². The smallest absolute Gasteiger partial charge is 0.414 e. The molecule has 3 aromatic carbocycles. The van der Waals surface area contributed by atoms with Gasteiger partial charge in [-0.2, -0.15) is 0 Å². The van der Waals surface area contributed by atoms with Gasteiger partial charge in [-0.25, -0.2) is 9.59 Å². The number of carboxylic acids is 2. The lowest BCUT2D eigenvalue weighted by Crippen LogP contribution is -2.26. The summed E-state index contributed by atoms with van der Waals surface area (Å²) in [6.07, 6.45) is 0.881. The van der Waals surface area contributed by atoms with E-state index in [2.05, 4.69) is 35.2 Å². The summed E-state index contributed by atoms with van der Waals surface area (Å²) in [5.74, 6) is 0.506. The highest BCUT2D eigenvalue weighted by Gasteiger charge is 2.16. The Morgan fingerprint density at radius 3 is 2.21 bits per heavy atom. The number of rotatable bonds is 11. The summed E-state index contributed by atoms with van der Waals surface area (Å²) in [6, 6.07) is 20.4. The number of carboxylic acid groups (broad SMARTS) is 2. The minimum atomic E-state index is -1.82. The van der Waals surface area contributed by atoms with Crippen LogP contribution in [0.3, 0.4) is 0 Å². The molecule has 10 nitrogen and oxygen atoms in total. The fraction of sp³-hybridized carbons (Fsp3) is 0.310. The summed E-state index contributed by atoms with van der Waals surface area (Å²) in [4.78, 5) is 20.6. The zero-order valence-corrected chi connectivity index (χ0v) is 22.2. The number of hydrogen-bond donors (Lipinski definition) is 2. The molecule has 1 heterocycles. The molecule has 0 unspecified atom stereocenters. The van der Waals surface area contributed by atoms with Crippen LogP contribution in [0, 0.1) is 0 Å². The van der Waals surface area contributed by atoms with Crippen molar-refractivity contribution in [1.29, 1.82) is 0 Å². The number of benzene rings is 3. The summed E-state index contributed by atoms with van der Waals surface area (Å²) in [5, 5.41) is 14.8. The number of hydrogen-bond acceptors (Lipinski definition) is 8. The van der Waals surface area contributed by atoms with E-state index in [1.165, 1.54) is 5.56 Å². The lowest BCUT2D eigenvalue weighted by Gasteiger charge is -2.25. The monoisotopic (exact) mass is 539 g/mol. The lowest BCUT2D eigenvalue weighted by atomic mass is 10.1. The van der Waals surface area contributed by atoms with Crippen LogP contribution in [0.1, 0.15) is 23.6 Å². The van der Waals surface area contributed by atoms with Gasteiger partial charge in [0.25, 0.3) is 0 Å². The first-order chi connectivity index (χ1) is 18.8. The van der Waals surface area contributed by atoms with E-state index in [0.717, 1.165) is 65.9 Å². The Hall–Kier alpha value is -4.44. The largest absolute Gasteiger partial charge is 0.497 e. The van der Waals surface area contributed by atoms with Crippen LogP contribution in [0.5, 0.6) is 28.7 Å². The molecule has 0 aliphatic carbocycles. The average molecular weight is 540 g/mol. The summed E-state index contributed by atoms with van der Waals surface area (Å²) in [5.41, 5.74) is 3.49. The second-order valence-electron chi connectivity index (χ2n) is 8.48. The number of methoxy groups -OCH3 is 2. The molecule has 39 heavy (non-hydrogen) atoms. The van der Waals surface area contributed by atoms with Crippen LogP contribution >= 0.6 is 0 Å². The van der Waals surface area contributed by atoms with Gasteiger partial charge in [0.1, 0.15) is 17.2 Å². The molecule has 0 radical (unpaired) electrons.